The molecule has 4 aromatic rings. The lowest BCUT2D eigenvalue weighted by atomic mass is 9.90. The Morgan fingerprint density at radius 2 is 1.80 bits per heavy atom. The molecule has 0 spiro atoms. The first kappa shape index (κ1) is 30.4. The molecule has 0 aliphatic rings. The van der Waals surface area contributed by atoms with Crippen LogP contribution in [0.15, 0.2) is 36.4 Å². The predicted octanol–water partition coefficient (Wildman–Crippen LogP) is 5.62. The van der Waals surface area contributed by atoms with E-state index in [9.17, 15) is 22.3 Å². The fraction of sp³-hybridized carbons (Fsp3) is 0.333. The fourth-order valence-corrected chi connectivity index (χ4v) is 5.78. The Morgan fingerprint density at radius 3 is 2.39 bits per heavy atom. The first-order valence-corrected chi connectivity index (χ1v) is 15.3. The number of hydrogen-bond donors (Lipinski definition) is 2. The van der Waals surface area contributed by atoms with Gasteiger partial charge in [0.25, 0.3) is 0 Å². The van der Waals surface area contributed by atoms with Crippen molar-refractivity contribution in [2.75, 3.05) is 18.6 Å². The molecular weight excluding hydrogens is 570 g/mol. The van der Waals surface area contributed by atoms with Crippen molar-refractivity contribution in [3.05, 3.63) is 75.7 Å². The van der Waals surface area contributed by atoms with Gasteiger partial charge < -0.3 is 10.4 Å². The van der Waals surface area contributed by atoms with E-state index in [1.54, 1.807) is 38.7 Å². The second kappa shape index (κ2) is 11.4. The largest absolute Gasteiger partial charge is 0.386 e. The van der Waals surface area contributed by atoms with Crippen LogP contribution in [0, 0.1) is 23.5 Å². The highest BCUT2D eigenvalue weighted by molar-refractivity contribution is 7.89. The fourth-order valence-electron chi connectivity index (χ4n) is 4.82. The minimum Gasteiger partial charge on any atom is -0.386 e. The van der Waals surface area contributed by atoms with Gasteiger partial charge in [-0.05, 0) is 56.0 Å². The second-order valence-electron chi connectivity index (χ2n) is 10.7. The lowest BCUT2D eigenvalue weighted by Crippen LogP contribution is -2.15. The average molecular weight is 601 g/mol. The average Bonchev–Trinajstić information content (AvgIpc) is 3.16. The Balaban J connectivity index is 2.00. The zero-order valence-electron chi connectivity index (χ0n) is 23.6. The maximum absolute atomic E-state index is 14.0. The highest BCUT2D eigenvalue weighted by Gasteiger charge is 2.24. The molecule has 2 N–H and O–H groups in total. The topological polar surface area (TPSA) is 97.1 Å². The summed E-state index contributed by atoms with van der Waals surface area (Å²) in [6.45, 7) is 5.03. The molecule has 0 fully saturated rings. The summed E-state index contributed by atoms with van der Waals surface area (Å²) in [4.78, 5) is 4.90. The van der Waals surface area contributed by atoms with Gasteiger partial charge in [0.2, 0.25) is 0 Å². The molecule has 2 aromatic carbocycles. The molecule has 0 aliphatic heterocycles. The molecule has 216 valence electrons. The normalized spacial score (nSPS) is 12.7. The summed E-state index contributed by atoms with van der Waals surface area (Å²) in [6, 6.07) is 8.76. The maximum atomic E-state index is 14.0. The summed E-state index contributed by atoms with van der Waals surface area (Å²) < 4.78 is 53.9. The van der Waals surface area contributed by atoms with Crippen molar-refractivity contribution in [2.24, 2.45) is 7.05 Å². The van der Waals surface area contributed by atoms with Gasteiger partial charge in [-0.15, -0.1) is 0 Å². The van der Waals surface area contributed by atoms with Crippen LogP contribution in [0.5, 0.6) is 0 Å². The highest BCUT2D eigenvalue weighted by atomic mass is 35.5. The van der Waals surface area contributed by atoms with Crippen molar-refractivity contribution >= 4 is 38.0 Å². The molecular formula is C30H31ClF2N4O3S. The summed E-state index contributed by atoms with van der Waals surface area (Å²) in [6.07, 6.45) is 1.41. The third-order valence-electron chi connectivity index (χ3n) is 6.44. The van der Waals surface area contributed by atoms with Crippen LogP contribution in [-0.2, 0) is 29.1 Å². The molecule has 0 saturated heterocycles. The summed E-state index contributed by atoms with van der Waals surface area (Å²) in [5, 5.41) is 18.7. The first-order chi connectivity index (χ1) is 19.1. The molecule has 0 saturated carbocycles. The van der Waals surface area contributed by atoms with Crippen molar-refractivity contribution in [2.45, 2.75) is 44.5 Å². The monoisotopic (exact) mass is 600 g/mol. The SMILES string of the molecule is CNc1cc(-c2ccc(Cl)c3c(CS(C)(=O)=O)nn(C)c23)c([C@@H](C)Cc2cc(F)cc(F)c2)nc1C#CC(C)(C)O. The predicted molar refractivity (Wildman–Crippen MR) is 159 cm³/mol. The molecule has 1 atom stereocenters. The Kier molecular flexibility index (Phi) is 8.46. The van der Waals surface area contributed by atoms with Gasteiger partial charge in [0.05, 0.1) is 33.4 Å². The number of benzene rings is 2. The number of aryl methyl sites for hydroxylation is 1. The molecule has 2 aromatic heterocycles. The van der Waals surface area contributed by atoms with E-state index in [0.717, 1.165) is 12.3 Å². The van der Waals surface area contributed by atoms with Gasteiger partial charge in [-0.25, -0.2) is 22.2 Å². The number of nitrogens with zero attached hydrogens (tertiary/aromatic N) is 3. The van der Waals surface area contributed by atoms with Crippen molar-refractivity contribution < 1.29 is 22.3 Å². The van der Waals surface area contributed by atoms with E-state index in [1.165, 1.54) is 12.1 Å². The van der Waals surface area contributed by atoms with E-state index in [2.05, 4.69) is 22.3 Å². The third kappa shape index (κ3) is 7.04. The number of pyridine rings is 1. The number of nitrogens with one attached hydrogen (secondary N) is 1. The molecule has 11 heteroatoms. The van der Waals surface area contributed by atoms with Gasteiger partial charge in [0, 0.05) is 48.8 Å². The summed E-state index contributed by atoms with van der Waals surface area (Å²) in [7, 11) is 0.0318. The summed E-state index contributed by atoms with van der Waals surface area (Å²) in [5.74, 6) is 3.77. The lowest BCUT2D eigenvalue weighted by molar-refractivity contribution is 0.143. The summed E-state index contributed by atoms with van der Waals surface area (Å²) in [5.41, 5.74) is 3.08. The van der Waals surface area contributed by atoms with Gasteiger partial charge in [-0.1, -0.05) is 30.5 Å². The molecule has 0 unspecified atom stereocenters. The van der Waals surface area contributed by atoms with E-state index in [4.69, 9.17) is 16.6 Å². The Bertz CT molecular complexity index is 1800. The van der Waals surface area contributed by atoms with E-state index < -0.39 is 27.1 Å². The van der Waals surface area contributed by atoms with Gasteiger partial charge in [-0.3, -0.25) is 4.68 Å². The van der Waals surface area contributed by atoms with Crippen molar-refractivity contribution in [3.8, 4) is 23.0 Å². The number of aliphatic hydroxyl groups is 1. The van der Waals surface area contributed by atoms with Crippen LogP contribution >= 0.6 is 11.6 Å². The smallest absolute Gasteiger partial charge is 0.153 e. The number of anilines is 1. The Hall–Kier alpha value is -3.52. The maximum Gasteiger partial charge on any atom is 0.153 e. The molecule has 2 heterocycles. The molecule has 7 nitrogen and oxygen atoms in total. The molecule has 0 radical (unpaired) electrons. The molecule has 41 heavy (non-hydrogen) atoms. The molecule has 0 aliphatic carbocycles. The van der Waals surface area contributed by atoms with Crippen molar-refractivity contribution in [3.63, 3.8) is 0 Å². The third-order valence-corrected chi connectivity index (χ3v) is 7.55. The number of hydrogen-bond acceptors (Lipinski definition) is 6. The zero-order valence-corrected chi connectivity index (χ0v) is 25.2. The summed E-state index contributed by atoms with van der Waals surface area (Å²) >= 11 is 6.58. The van der Waals surface area contributed by atoms with Crippen LogP contribution < -0.4 is 5.32 Å². The lowest BCUT2D eigenvalue weighted by Gasteiger charge is -2.20. The Morgan fingerprint density at radius 1 is 1.15 bits per heavy atom. The Labute approximate surface area is 243 Å². The van der Waals surface area contributed by atoms with Crippen LogP contribution in [0.25, 0.3) is 22.0 Å². The van der Waals surface area contributed by atoms with Gasteiger partial charge in [0.15, 0.2) is 9.84 Å². The van der Waals surface area contributed by atoms with E-state index in [1.807, 2.05) is 19.1 Å². The van der Waals surface area contributed by atoms with Crippen molar-refractivity contribution in [1.82, 2.24) is 14.8 Å². The minimum atomic E-state index is -3.40. The number of halogens is 3. The highest BCUT2D eigenvalue weighted by Crippen LogP contribution is 2.40. The van der Waals surface area contributed by atoms with Crippen LogP contribution in [0.2, 0.25) is 5.02 Å². The van der Waals surface area contributed by atoms with Gasteiger partial charge in [0.1, 0.15) is 22.9 Å². The van der Waals surface area contributed by atoms with Crippen LogP contribution in [0.4, 0.5) is 14.5 Å². The van der Waals surface area contributed by atoms with Crippen LogP contribution in [0.3, 0.4) is 0 Å². The number of sulfone groups is 1. The van der Waals surface area contributed by atoms with E-state index in [0.29, 0.717) is 55.4 Å². The molecule has 4 rings (SSSR count). The first-order valence-electron chi connectivity index (χ1n) is 12.8. The van der Waals surface area contributed by atoms with Crippen LogP contribution in [-0.4, -0.2) is 47.2 Å². The van der Waals surface area contributed by atoms with E-state index in [-0.39, 0.29) is 18.1 Å². The molecule has 0 amide bonds. The van der Waals surface area contributed by atoms with Crippen LogP contribution in [0.1, 0.15) is 49.3 Å². The zero-order chi connectivity index (χ0) is 30.3. The number of aromatic nitrogens is 3. The standard InChI is InChI=1S/C30H31ClF2N4O3S/c1-17(11-18-12-19(32)14-20(33)13-18)28-22(15-25(34-4)24(35-28)9-10-30(2,3)38)21-7-8-23(31)27-26(16-41(6,39)40)36-37(5)29(21)27/h7-8,12-15,17,34,38H,11,16H2,1-6H3/t17-/m0/s1. The van der Waals surface area contributed by atoms with Gasteiger partial charge >= 0.3 is 0 Å². The number of fused-ring (bicyclic) bond motifs is 1. The van der Waals surface area contributed by atoms with Crippen molar-refractivity contribution in [1.29, 1.82) is 0 Å². The van der Waals surface area contributed by atoms with Gasteiger partial charge in [-0.2, -0.15) is 5.10 Å². The quantitative estimate of drug-likeness (QED) is 0.267. The second-order valence-corrected chi connectivity index (χ2v) is 13.3. The minimum absolute atomic E-state index is 0.271. The van der Waals surface area contributed by atoms with E-state index >= 15 is 0 Å². The molecule has 0 bridgehead atoms. The number of rotatable bonds is 7.